The summed E-state index contributed by atoms with van der Waals surface area (Å²) in [5.41, 5.74) is 1.09. The molecule has 0 aromatic carbocycles. The van der Waals surface area contributed by atoms with Crippen LogP contribution in [0.1, 0.15) is 37.7 Å². The van der Waals surface area contributed by atoms with Gasteiger partial charge in [0.2, 0.25) is 5.91 Å². The van der Waals surface area contributed by atoms with Gasteiger partial charge >= 0.3 is 0 Å². The number of nitrogens with zero attached hydrogens (tertiary/aromatic N) is 4. The van der Waals surface area contributed by atoms with Gasteiger partial charge in [-0.3, -0.25) is 9.69 Å². The molecule has 1 saturated carbocycles. The predicted octanol–water partition coefficient (Wildman–Crippen LogP) is 1.73. The van der Waals surface area contributed by atoms with Crippen molar-refractivity contribution in [2.45, 2.75) is 45.2 Å². The van der Waals surface area contributed by atoms with E-state index in [2.05, 4.69) is 28.8 Å². The number of aryl methyl sites for hydroxylation is 1. The molecule has 1 aromatic rings. The molecule has 1 aliphatic heterocycles. The maximum Gasteiger partial charge on any atom is 0.222 e. The lowest BCUT2D eigenvalue weighted by atomic mass is 9.88. The molecule has 0 bridgehead atoms. The van der Waals surface area contributed by atoms with Gasteiger partial charge in [-0.2, -0.15) is 0 Å². The van der Waals surface area contributed by atoms with Crippen LogP contribution in [-0.4, -0.2) is 52.4 Å². The summed E-state index contributed by atoms with van der Waals surface area (Å²) in [6, 6.07) is 2.57. The molecule has 2 fully saturated rings. The van der Waals surface area contributed by atoms with Crippen LogP contribution in [0.4, 0.5) is 0 Å². The number of fused-ring (bicyclic) bond motifs is 1. The van der Waals surface area contributed by atoms with Crippen molar-refractivity contribution in [3.63, 3.8) is 0 Å². The average molecular weight is 302 g/mol. The van der Waals surface area contributed by atoms with Gasteiger partial charge < -0.3 is 4.90 Å². The number of piperidine rings is 1. The van der Waals surface area contributed by atoms with Crippen LogP contribution in [0.15, 0.2) is 12.3 Å². The molecular weight excluding hydrogens is 276 g/mol. The van der Waals surface area contributed by atoms with Crippen molar-refractivity contribution < 1.29 is 4.79 Å². The Morgan fingerprint density at radius 2 is 2.14 bits per heavy atom. The van der Waals surface area contributed by atoms with Crippen LogP contribution in [0.2, 0.25) is 0 Å². The molecule has 1 saturated heterocycles. The van der Waals surface area contributed by atoms with Gasteiger partial charge in [0.25, 0.3) is 0 Å². The summed E-state index contributed by atoms with van der Waals surface area (Å²) in [7, 11) is 4.12. The van der Waals surface area contributed by atoms with Crippen LogP contribution in [0, 0.1) is 11.8 Å². The SMILES string of the molecule is CCc1nccc(CN(C)[C@@H]2C[C@@H]3CC(=O)N(C)C[C@@H]3C2)n1. The Kier molecular flexibility index (Phi) is 4.43. The summed E-state index contributed by atoms with van der Waals surface area (Å²) < 4.78 is 0. The fourth-order valence-electron chi connectivity index (χ4n) is 3.93. The first-order valence-corrected chi connectivity index (χ1v) is 8.31. The van der Waals surface area contributed by atoms with E-state index in [1.54, 1.807) is 0 Å². The second-order valence-electron chi connectivity index (χ2n) is 6.86. The number of rotatable bonds is 4. The molecule has 3 atom stereocenters. The highest BCUT2D eigenvalue weighted by atomic mass is 16.2. The molecule has 22 heavy (non-hydrogen) atoms. The summed E-state index contributed by atoms with van der Waals surface area (Å²) in [6.45, 7) is 3.88. The maximum atomic E-state index is 11.9. The highest BCUT2D eigenvalue weighted by Crippen LogP contribution is 2.40. The number of hydrogen-bond donors (Lipinski definition) is 0. The first kappa shape index (κ1) is 15.4. The Bertz CT molecular complexity index is 547. The third-order valence-electron chi connectivity index (χ3n) is 5.30. The van der Waals surface area contributed by atoms with E-state index in [1.165, 1.54) is 6.42 Å². The Balaban J connectivity index is 1.61. The molecule has 2 heterocycles. The Labute approximate surface area is 132 Å². The van der Waals surface area contributed by atoms with E-state index >= 15 is 0 Å². The lowest BCUT2D eigenvalue weighted by molar-refractivity contribution is -0.134. The zero-order chi connectivity index (χ0) is 15.7. The highest BCUT2D eigenvalue weighted by molar-refractivity contribution is 5.77. The van der Waals surface area contributed by atoms with Crippen LogP contribution in [-0.2, 0) is 17.8 Å². The molecule has 0 spiro atoms. The van der Waals surface area contributed by atoms with Crippen LogP contribution in [0.25, 0.3) is 0 Å². The lowest BCUT2D eigenvalue weighted by Crippen LogP contribution is -2.39. The van der Waals surface area contributed by atoms with Gasteiger partial charge in [0.05, 0.1) is 5.69 Å². The topological polar surface area (TPSA) is 49.3 Å². The monoisotopic (exact) mass is 302 g/mol. The number of amides is 1. The van der Waals surface area contributed by atoms with E-state index in [1.807, 2.05) is 24.2 Å². The minimum atomic E-state index is 0.313. The lowest BCUT2D eigenvalue weighted by Gasteiger charge is -2.31. The smallest absolute Gasteiger partial charge is 0.222 e. The van der Waals surface area contributed by atoms with Crippen molar-refractivity contribution >= 4 is 5.91 Å². The first-order chi connectivity index (χ1) is 10.6. The van der Waals surface area contributed by atoms with Crippen molar-refractivity contribution in [3.8, 4) is 0 Å². The fourth-order valence-corrected chi connectivity index (χ4v) is 3.93. The standard InChI is InChI=1S/C17H26N4O/c1-4-16-18-6-5-14(19-16)11-20(2)15-7-12-9-17(22)21(3)10-13(12)8-15/h5-6,12-13,15H,4,7-11H2,1-3H3/t12-,13+,15-/m1/s1. The average Bonchev–Trinajstić information content (AvgIpc) is 2.91. The van der Waals surface area contributed by atoms with Gasteiger partial charge in [-0.05, 0) is 37.8 Å². The van der Waals surface area contributed by atoms with Crippen LogP contribution >= 0.6 is 0 Å². The molecule has 5 nitrogen and oxygen atoms in total. The summed E-state index contributed by atoms with van der Waals surface area (Å²) in [4.78, 5) is 25.0. The van der Waals surface area contributed by atoms with Crippen molar-refractivity contribution in [2.75, 3.05) is 20.6 Å². The molecule has 0 unspecified atom stereocenters. The quantitative estimate of drug-likeness (QED) is 0.850. The summed E-state index contributed by atoms with van der Waals surface area (Å²) >= 11 is 0. The van der Waals surface area contributed by atoms with Gasteiger partial charge in [0.15, 0.2) is 0 Å². The number of hydrogen-bond acceptors (Lipinski definition) is 4. The van der Waals surface area contributed by atoms with Gasteiger partial charge in [0.1, 0.15) is 5.82 Å². The minimum Gasteiger partial charge on any atom is -0.345 e. The molecule has 3 rings (SSSR count). The fraction of sp³-hybridized carbons (Fsp3) is 0.706. The first-order valence-electron chi connectivity index (χ1n) is 8.31. The van der Waals surface area contributed by atoms with E-state index in [-0.39, 0.29) is 0 Å². The Hall–Kier alpha value is -1.49. The molecule has 1 aromatic heterocycles. The summed E-state index contributed by atoms with van der Waals surface area (Å²) in [5, 5.41) is 0. The second kappa shape index (κ2) is 6.32. The number of carbonyl (C=O) groups is 1. The number of aromatic nitrogens is 2. The van der Waals surface area contributed by atoms with E-state index in [4.69, 9.17) is 0 Å². The number of likely N-dealkylation sites (tertiary alicyclic amines) is 1. The summed E-state index contributed by atoms with van der Waals surface area (Å²) in [6.07, 6.45) is 5.81. The van der Waals surface area contributed by atoms with Crippen molar-refractivity contribution in [1.29, 1.82) is 0 Å². The Morgan fingerprint density at radius 3 is 2.91 bits per heavy atom. The van der Waals surface area contributed by atoms with Crippen LogP contribution in [0.5, 0.6) is 0 Å². The molecule has 0 radical (unpaired) electrons. The van der Waals surface area contributed by atoms with Gasteiger partial charge in [-0.15, -0.1) is 0 Å². The third kappa shape index (κ3) is 3.14. The van der Waals surface area contributed by atoms with Crippen LogP contribution < -0.4 is 0 Å². The van der Waals surface area contributed by atoms with E-state index in [9.17, 15) is 4.79 Å². The van der Waals surface area contributed by atoms with E-state index in [0.717, 1.165) is 43.9 Å². The van der Waals surface area contributed by atoms with Crippen LogP contribution in [0.3, 0.4) is 0 Å². The zero-order valence-electron chi connectivity index (χ0n) is 13.8. The molecule has 1 amide bonds. The predicted molar refractivity (Wildman–Crippen MR) is 85.1 cm³/mol. The molecule has 5 heteroatoms. The van der Waals surface area contributed by atoms with E-state index in [0.29, 0.717) is 23.8 Å². The molecule has 1 aliphatic carbocycles. The van der Waals surface area contributed by atoms with E-state index < -0.39 is 0 Å². The largest absolute Gasteiger partial charge is 0.345 e. The van der Waals surface area contributed by atoms with Gasteiger partial charge in [0, 0.05) is 45.2 Å². The zero-order valence-corrected chi connectivity index (χ0v) is 13.8. The van der Waals surface area contributed by atoms with Crippen molar-refractivity contribution in [1.82, 2.24) is 19.8 Å². The molecule has 0 N–H and O–H groups in total. The maximum absolute atomic E-state index is 11.9. The highest BCUT2D eigenvalue weighted by Gasteiger charge is 2.41. The second-order valence-corrected chi connectivity index (χ2v) is 6.86. The molecular formula is C17H26N4O. The van der Waals surface area contributed by atoms with Crippen molar-refractivity contribution in [3.05, 3.63) is 23.8 Å². The molecule has 120 valence electrons. The molecule has 2 aliphatic rings. The normalized spacial score (nSPS) is 28.3. The third-order valence-corrected chi connectivity index (χ3v) is 5.30. The van der Waals surface area contributed by atoms with Gasteiger partial charge in [-0.1, -0.05) is 6.92 Å². The number of carbonyl (C=O) groups excluding carboxylic acids is 1. The minimum absolute atomic E-state index is 0.313. The van der Waals surface area contributed by atoms with Gasteiger partial charge in [-0.25, -0.2) is 9.97 Å². The summed E-state index contributed by atoms with van der Waals surface area (Å²) in [5.74, 6) is 2.48. The Morgan fingerprint density at radius 1 is 1.36 bits per heavy atom. The van der Waals surface area contributed by atoms with Crippen molar-refractivity contribution in [2.24, 2.45) is 11.8 Å².